The monoisotopic (exact) mass is 289 g/mol. The normalized spacial score (nSPS) is 24.8. The van der Waals surface area contributed by atoms with Gasteiger partial charge in [0.05, 0.1) is 11.8 Å². The van der Waals surface area contributed by atoms with Crippen LogP contribution in [0.4, 0.5) is 0 Å². The SMILES string of the molecule is Cc1cccc(CN(C)C(=O)C2CC(C)CC2C(=O)O)c1. The van der Waals surface area contributed by atoms with E-state index < -0.39 is 11.9 Å². The number of carbonyl (C=O) groups excluding carboxylic acids is 1. The van der Waals surface area contributed by atoms with Gasteiger partial charge in [-0.1, -0.05) is 36.8 Å². The van der Waals surface area contributed by atoms with Crippen molar-refractivity contribution in [3.05, 3.63) is 35.4 Å². The Morgan fingerprint density at radius 1 is 1.29 bits per heavy atom. The molecule has 1 amide bonds. The zero-order valence-corrected chi connectivity index (χ0v) is 12.9. The van der Waals surface area contributed by atoms with Crippen molar-refractivity contribution >= 4 is 11.9 Å². The van der Waals surface area contributed by atoms with Crippen molar-refractivity contribution in [1.82, 2.24) is 4.90 Å². The molecule has 0 aromatic heterocycles. The molecule has 0 heterocycles. The standard InChI is InChI=1S/C17H23NO3/c1-11-5-4-6-13(7-11)10-18(3)16(19)14-8-12(2)9-15(14)17(20)21/h4-7,12,14-15H,8-10H2,1-3H3,(H,20,21). The molecule has 1 fully saturated rings. The lowest BCUT2D eigenvalue weighted by molar-refractivity contribution is -0.148. The van der Waals surface area contributed by atoms with Crippen molar-refractivity contribution in [2.75, 3.05) is 7.05 Å². The number of rotatable bonds is 4. The van der Waals surface area contributed by atoms with Gasteiger partial charge in [0.2, 0.25) is 5.91 Å². The quantitative estimate of drug-likeness (QED) is 0.927. The highest BCUT2D eigenvalue weighted by Crippen LogP contribution is 2.37. The Morgan fingerprint density at radius 2 is 1.95 bits per heavy atom. The first-order valence-corrected chi connectivity index (χ1v) is 7.41. The number of carbonyl (C=O) groups is 2. The summed E-state index contributed by atoms with van der Waals surface area (Å²) in [6.07, 6.45) is 1.28. The van der Waals surface area contributed by atoms with Crippen molar-refractivity contribution in [3.8, 4) is 0 Å². The second-order valence-electron chi connectivity index (χ2n) is 6.31. The highest BCUT2D eigenvalue weighted by molar-refractivity contribution is 5.85. The van der Waals surface area contributed by atoms with Gasteiger partial charge in [0.25, 0.3) is 0 Å². The first-order chi connectivity index (χ1) is 9.88. The van der Waals surface area contributed by atoms with Gasteiger partial charge in [-0.05, 0) is 31.2 Å². The predicted molar refractivity (Wildman–Crippen MR) is 80.7 cm³/mol. The lowest BCUT2D eigenvalue weighted by Crippen LogP contribution is -2.36. The summed E-state index contributed by atoms with van der Waals surface area (Å²) in [4.78, 5) is 25.5. The Balaban J connectivity index is 2.06. The molecule has 0 aliphatic heterocycles. The number of carboxylic acid groups (broad SMARTS) is 1. The smallest absolute Gasteiger partial charge is 0.307 e. The van der Waals surface area contributed by atoms with Crippen LogP contribution >= 0.6 is 0 Å². The van der Waals surface area contributed by atoms with E-state index in [2.05, 4.69) is 6.07 Å². The van der Waals surface area contributed by atoms with E-state index in [9.17, 15) is 14.7 Å². The van der Waals surface area contributed by atoms with Gasteiger partial charge >= 0.3 is 5.97 Å². The molecule has 0 bridgehead atoms. The van der Waals surface area contributed by atoms with Crippen LogP contribution in [-0.4, -0.2) is 28.9 Å². The van der Waals surface area contributed by atoms with E-state index in [0.29, 0.717) is 25.3 Å². The summed E-state index contributed by atoms with van der Waals surface area (Å²) < 4.78 is 0. The molecule has 3 unspecified atom stereocenters. The van der Waals surface area contributed by atoms with Gasteiger partial charge in [-0.3, -0.25) is 9.59 Å². The molecule has 1 N–H and O–H groups in total. The third-order valence-electron chi connectivity index (χ3n) is 4.31. The summed E-state index contributed by atoms with van der Waals surface area (Å²) in [6, 6.07) is 8.03. The van der Waals surface area contributed by atoms with Crippen molar-refractivity contribution in [2.24, 2.45) is 17.8 Å². The predicted octanol–water partition coefficient (Wildman–Crippen LogP) is 2.70. The van der Waals surface area contributed by atoms with Gasteiger partial charge in [0, 0.05) is 13.6 Å². The van der Waals surface area contributed by atoms with Gasteiger partial charge in [-0.2, -0.15) is 0 Å². The summed E-state index contributed by atoms with van der Waals surface area (Å²) in [7, 11) is 1.76. The number of amides is 1. The third kappa shape index (κ3) is 3.63. The molecule has 3 atom stereocenters. The fraction of sp³-hybridized carbons (Fsp3) is 0.529. The van der Waals surface area contributed by atoms with E-state index in [-0.39, 0.29) is 11.8 Å². The Hall–Kier alpha value is -1.84. The minimum atomic E-state index is -0.846. The van der Waals surface area contributed by atoms with Crippen LogP contribution in [-0.2, 0) is 16.1 Å². The maximum atomic E-state index is 12.6. The summed E-state index contributed by atoms with van der Waals surface area (Å²) >= 11 is 0. The largest absolute Gasteiger partial charge is 0.481 e. The molecule has 1 saturated carbocycles. The van der Waals surface area contributed by atoms with Gasteiger partial charge in [0.15, 0.2) is 0 Å². The summed E-state index contributed by atoms with van der Waals surface area (Å²) in [5.74, 6) is -1.51. The van der Waals surface area contributed by atoms with Crippen LogP contribution in [0.25, 0.3) is 0 Å². The van der Waals surface area contributed by atoms with Gasteiger partial charge < -0.3 is 10.0 Å². The summed E-state index contributed by atoms with van der Waals surface area (Å²) in [5, 5.41) is 9.29. The number of aryl methyl sites for hydroxylation is 1. The van der Waals surface area contributed by atoms with E-state index in [1.165, 1.54) is 0 Å². The maximum absolute atomic E-state index is 12.6. The summed E-state index contributed by atoms with van der Waals surface area (Å²) in [5.41, 5.74) is 2.23. The molecule has 0 saturated heterocycles. The average molecular weight is 289 g/mol. The van der Waals surface area contributed by atoms with Crippen LogP contribution in [0.1, 0.15) is 30.9 Å². The zero-order chi connectivity index (χ0) is 15.6. The van der Waals surface area contributed by atoms with Gasteiger partial charge in [-0.25, -0.2) is 0 Å². The van der Waals surface area contributed by atoms with Crippen molar-refractivity contribution < 1.29 is 14.7 Å². The van der Waals surface area contributed by atoms with Crippen LogP contribution in [0.15, 0.2) is 24.3 Å². The second-order valence-corrected chi connectivity index (χ2v) is 6.31. The Labute approximate surface area is 125 Å². The first-order valence-electron chi connectivity index (χ1n) is 7.41. The fourth-order valence-electron chi connectivity index (χ4n) is 3.28. The lowest BCUT2D eigenvalue weighted by atomic mass is 9.94. The molecule has 4 nitrogen and oxygen atoms in total. The van der Waals surface area contributed by atoms with E-state index in [0.717, 1.165) is 11.1 Å². The van der Waals surface area contributed by atoms with E-state index in [1.54, 1.807) is 11.9 Å². The molecular weight excluding hydrogens is 266 g/mol. The molecule has 4 heteroatoms. The van der Waals surface area contributed by atoms with Gasteiger partial charge in [0.1, 0.15) is 0 Å². The molecule has 114 valence electrons. The highest BCUT2D eigenvalue weighted by Gasteiger charge is 2.42. The number of benzene rings is 1. The topological polar surface area (TPSA) is 57.6 Å². The molecule has 1 aliphatic carbocycles. The van der Waals surface area contributed by atoms with Crippen molar-refractivity contribution in [2.45, 2.75) is 33.2 Å². The van der Waals surface area contributed by atoms with Crippen molar-refractivity contribution in [3.63, 3.8) is 0 Å². The molecule has 1 aromatic rings. The molecular formula is C17H23NO3. The summed E-state index contributed by atoms with van der Waals surface area (Å²) in [6.45, 7) is 4.56. The minimum Gasteiger partial charge on any atom is -0.481 e. The Bertz CT molecular complexity index is 541. The van der Waals surface area contributed by atoms with E-state index in [1.807, 2.05) is 32.0 Å². The highest BCUT2D eigenvalue weighted by atomic mass is 16.4. The number of carboxylic acids is 1. The third-order valence-corrected chi connectivity index (χ3v) is 4.31. The average Bonchev–Trinajstić information content (AvgIpc) is 2.80. The maximum Gasteiger partial charge on any atom is 0.307 e. The molecule has 21 heavy (non-hydrogen) atoms. The molecule has 0 radical (unpaired) electrons. The van der Waals surface area contributed by atoms with Crippen LogP contribution < -0.4 is 0 Å². The van der Waals surface area contributed by atoms with E-state index >= 15 is 0 Å². The first kappa shape index (κ1) is 15.5. The minimum absolute atomic E-state index is 0.0479. The molecule has 1 aliphatic rings. The number of hydrogen-bond acceptors (Lipinski definition) is 2. The van der Waals surface area contributed by atoms with Crippen LogP contribution in [0.3, 0.4) is 0 Å². The Morgan fingerprint density at radius 3 is 2.57 bits per heavy atom. The van der Waals surface area contributed by atoms with Crippen LogP contribution in [0, 0.1) is 24.7 Å². The number of hydrogen-bond donors (Lipinski definition) is 1. The Kier molecular flexibility index (Phi) is 4.66. The van der Waals surface area contributed by atoms with Gasteiger partial charge in [-0.15, -0.1) is 0 Å². The van der Waals surface area contributed by atoms with Crippen LogP contribution in [0.5, 0.6) is 0 Å². The van der Waals surface area contributed by atoms with Crippen molar-refractivity contribution in [1.29, 1.82) is 0 Å². The number of nitrogens with zero attached hydrogens (tertiary/aromatic N) is 1. The molecule has 0 spiro atoms. The fourth-order valence-corrected chi connectivity index (χ4v) is 3.28. The second kappa shape index (κ2) is 6.29. The van der Waals surface area contributed by atoms with Crippen LogP contribution in [0.2, 0.25) is 0 Å². The molecule has 1 aromatic carbocycles. The number of aliphatic carboxylic acids is 1. The lowest BCUT2D eigenvalue weighted by Gasteiger charge is -2.23. The van der Waals surface area contributed by atoms with E-state index in [4.69, 9.17) is 0 Å². The molecule has 2 rings (SSSR count). The zero-order valence-electron chi connectivity index (χ0n) is 12.9.